The smallest absolute Gasteiger partial charge is 0.271 e. The maximum atomic E-state index is 10.4. The molecule has 1 aliphatic rings. The Morgan fingerprint density at radius 2 is 1.23 bits per heavy atom. The van der Waals surface area contributed by atoms with Gasteiger partial charge in [-0.3, -0.25) is 9.59 Å². The van der Waals surface area contributed by atoms with Crippen molar-refractivity contribution in [3.8, 4) is 0 Å². The second kappa shape index (κ2) is 5.57. The number of carbonyl (C=O) groups excluding carboxylic acids is 2. The molecule has 1 saturated heterocycles. The Kier molecular flexibility index (Phi) is 5.51. The Bertz CT molecular complexity index is 272. The average Bonchev–Trinajstić information content (AvgIpc) is 2.35. The summed E-state index contributed by atoms with van der Waals surface area (Å²) in [7, 11) is -2.55. The number of hydrogen-bond donors (Lipinski definition) is 0. The Hall–Kier alpha value is -0.130. The number of sulfone groups is 1. The summed E-state index contributed by atoms with van der Waals surface area (Å²) < 4.78 is 20.9. The highest BCUT2D eigenvalue weighted by molar-refractivity contribution is 7.91. The number of halogens is 2. The third kappa shape index (κ3) is 6.98. The van der Waals surface area contributed by atoms with Gasteiger partial charge in [0.05, 0.1) is 11.5 Å². The summed E-state index contributed by atoms with van der Waals surface area (Å²) in [5.41, 5.74) is 0. The molecule has 1 heterocycles. The van der Waals surface area contributed by atoms with E-state index in [1.165, 1.54) is 0 Å². The lowest BCUT2D eigenvalue weighted by molar-refractivity contribution is -0.127. The van der Waals surface area contributed by atoms with E-state index in [-0.39, 0.29) is 0 Å². The molecule has 76 valence electrons. The van der Waals surface area contributed by atoms with Crippen LogP contribution < -0.4 is 0 Å². The van der Waals surface area contributed by atoms with E-state index in [0.717, 1.165) is 12.8 Å². The van der Waals surface area contributed by atoms with Crippen molar-refractivity contribution in [1.29, 1.82) is 0 Å². The summed E-state index contributed by atoms with van der Waals surface area (Å²) in [6, 6.07) is 0. The molecule has 0 spiro atoms. The molecule has 0 atom stereocenters. The Labute approximate surface area is 86.1 Å². The molecule has 0 radical (unpaired) electrons. The molecule has 0 aromatic rings. The summed E-state index contributed by atoms with van der Waals surface area (Å²) in [5.74, 6) is 0.847. The highest BCUT2D eigenvalue weighted by Gasteiger charge is 2.16. The van der Waals surface area contributed by atoms with E-state index >= 15 is 0 Å². The minimum atomic E-state index is -2.55. The van der Waals surface area contributed by atoms with Crippen LogP contribution in [-0.2, 0) is 19.4 Å². The van der Waals surface area contributed by atoms with Crippen LogP contribution in [0.3, 0.4) is 0 Å². The molecule has 0 bridgehead atoms. The van der Waals surface area contributed by atoms with Gasteiger partial charge >= 0.3 is 10.5 Å². The van der Waals surface area contributed by atoms with Crippen LogP contribution in [0, 0.1) is 0 Å². The maximum Gasteiger partial charge on any atom is 0.304 e. The van der Waals surface area contributed by atoms with Crippen molar-refractivity contribution < 1.29 is 18.0 Å². The quantitative estimate of drug-likeness (QED) is 0.505. The molecule has 0 aromatic heterocycles. The lowest BCUT2D eigenvalue weighted by Gasteiger charge is -1.81. The van der Waals surface area contributed by atoms with Crippen LogP contribution in [0.4, 0.5) is 0 Å². The van der Waals surface area contributed by atoms with Crippen molar-refractivity contribution in [3.05, 3.63) is 0 Å². The third-order valence-corrected chi connectivity index (χ3v) is 3.58. The van der Waals surface area contributed by atoms with Crippen molar-refractivity contribution in [2.45, 2.75) is 12.8 Å². The maximum absolute atomic E-state index is 10.4. The fourth-order valence-corrected chi connectivity index (χ4v) is 2.24. The van der Waals surface area contributed by atoms with Crippen LogP contribution in [0.25, 0.3) is 0 Å². The minimum absolute atomic E-state index is 0.424. The van der Waals surface area contributed by atoms with Gasteiger partial charge in [-0.25, -0.2) is 8.42 Å². The number of carbonyl (C=O) groups is 2. The predicted molar refractivity (Wildman–Crippen MR) is 49.6 cm³/mol. The van der Waals surface area contributed by atoms with Crippen LogP contribution >= 0.6 is 23.2 Å². The first-order valence-corrected chi connectivity index (χ1v) is 6.02. The Morgan fingerprint density at radius 1 is 0.923 bits per heavy atom. The van der Waals surface area contributed by atoms with Crippen LogP contribution in [0.1, 0.15) is 12.8 Å². The second-order valence-electron chi connectivity index (χ2n) is 2.41. The molecule has 0 saturated carbocycles. The summed E-state index contributed by atoms with van der Waals surface area (Å²) >= 11 is 8.98. The largest absolute Gasteiger partial charge is 0.304 e. The number of rotatable bonds is 1. The van der Waals surface area contributed by atoms with Gasteiger partial charge in [-0.2, -0.15) is 0 Å². The van der Waals surface area contributed by atoms with Gasteiger partial charge in [-0.1, -0.05) is 0 Å². The van der Waals surface area contributed by atoms with Gasteiger partial charge in [0.1, 0.15) is 9.84 Å². The van der Waals surface area contributed by atoms with Crippen molar-refractivity contribution in [2.75, 3.05) is 11.5 Å². The molecule has 0 aliphatic carbocycles. The molecular weight excluding hydrogens is 239 g/mol. The minimum Gasteiger partial charge on any atom is -0.271 e. The van der Waals surface area contributed by atoms with Crippen LogP contribution in [0.5, 0.6) is 0 Å². The van der Waals surface area contributed by atoms with Crippen LogP contribution in [0.2, 0.25) is 0 Å². The van der Waals surface area contributed by atoms with Crippen molar-refractivity contribution in [3.63, 3.8) is 0 Å². The molecular formula is C6H8Cl2O4S. The van der Waals surface area contributed by atoms with E-state index in [0.29, 0.717) is 11.5 Å². The molecule has 0 unspecified atom stereocenters. The summed E-state index contributed by atoms with van der Waals surface area (Å²) in [5, 5.41) is -2.28. The molecule has 0 amide bonds. The van der Waals surface area contributed by atoms with E-state index in [4.69, 9.17) is 0 Å². The fourth-order valence-electron chi connectivity index (χ4n) is 0.746. The molecule has 1 aliphatic heterocycles. The molecule has 0 N–H and O–H groups in total. The first-order chi connectivity index (χ1) is 5.85. The summed E-state index contributed by atoms with van der Waals surface area (Å²) in [4.78, 5) is 18.9. The topological polar surface area (TPSA) is 68.3 Å². The van der Waals surface area contributed by atoms with Gasteiger partial charge < -0.3 is 0 Å². The third-order valence-electron chi connectivity index (χ3n) is 1.32. The zero-order valence-electron chi connectivity index (χ0n) is 6.63. The van der Waals surface area contributed by atoms with Gasteiger partial charge in [0.15, 0.2) is 0 Å². The van der Waals surface area contributed by atoms with E-state index in [1.807, 2.05) is 0 Å². The second-order valence-corrected chi connectivity index (χ2v) is 5.40. The molecule has 0 aromatic carbocycles. The zero-order chi connectivity index (χ0) is 10.5. The van der Waals surface area contributed by atoms with Gasteiger partial charge in [-0.15, -0.1) is 0 Å². The van der Waals surface area contributed by atoms with Crippen LogP contribution in [0.15, 0.2) is 0 Å². The molecule has 13 heavy (non-hydrogen) atoms. The fraction of sp³-hybridized carbons (Fsp3) is 0.667. The Balaban J connectivity index is 0.000000226. The standard InChI is InChI=1S/C4H8O2S.C2Cl2O2/c5-7(6)3-1-2-4-7;3-1(5)2(4)6/h1-4H2;. The summed E-state index contributed by atoms with van der Waals surface area (Å²) in [6.07, 6.45) is 1.75. The van der Waals surface area contributed by atoms with E-state index < -0.39 is 20.3 Å². The van der Waals surface area contributed by atoms with Crippen molar-refractivity contribution in [1.82, 2.24) is 0 Å². The van der Waals surface area contributed by atoms with Gasteiger partial charge in [0, 0.05) is 0 Å². The van der Waals surface area contributed by atoms with Crippen molar-refractivity contribution in [2.24, 2.45) is 0 Å². The highest BCUT2D eigenvalue weighted by Crippen LogP contribution is 2.08. The normalized spacial score (nSPS) is 18.6. The molecule has 7 heteroatoms. The zero-order valence-corrected chi connectivity index (χ0v) is 8.95. The molecule has 1 rings (SSSR count). The van der Waals surface area contributed by atoms with Gasteiger partial charge in [-0.05, 0) is 36.0 Å². The van der Waals surface area contributed by atoms with E-state index in [9.17, 15) is 18.0 Å². The SMILES string of the molecule is O=C(Cl)C(=O)Cl.O=S1(=O)CCCC1. The van der Waals surface area contributed by atoms with E-state index in [2.05, 4.69) is 23.2 Å². The first-order valence-electron chi connectivity index (χ1n) is 3.45. The van der Waals surface area contributed by atoms with E-state index in [1.54, 1.807) is 0 Å². The lowest BCUT2D eigenvalue weighted by atomic mass is 10.4. The first kappa shape index (κ1) is 12.9. The average molecular weight is 247 g/mol. The van der Waals surface area contributed by atoms with Crippen LogP contribution in [-0.4, -0.2) is 30.4 Å². The molecule has 1 fully saturated rings. The molecule has 4 nitrogen and oxygen atoms in total. The predicted octanol–water partition coefficient (Wildman–Crippen LogP) is 0.712. The number of hydrogen-bond acceptors (Lipinski definition) is 4. The van der Waals surface area contributed by atoms with Crippen molar-refractivity contribution >= 4 is 43.5 Å². The lowest BCUT2D eigenvalue weighted by Crippen LogP contribution is -1.98. The monoisotopic (exact) mass is 246 g/mol. The highest BCUT2D eigenvalue weighted by atomic mass is 35.5. The van der Waals surface area contributed by atoms with Gasteiger partial charge in [0.2, 0.25) is 0 Å². The van der Waals surface area contributed by atoms with Gasteiger partial charge in [0.25, 0.3) is 0 Å². The summed E-state index contributed by atoms with van der Waals surface area (Å²) in [6.45, 7) is 0. The Morgan fingerprint density at radius 3 is 1.31 bits per heavy atom.